The van der Waals surface area contributed by atoms with Crippen molar-refractivity contribution in [2.75, 3.05) is 18.9 Å². The van der Waals surface area contributed by atoms with Gasteiger partial charge in [-0.3, -0.25) is 0 Å². The topological polar surface area (TPSA) is 23.5 Å². The number of aliphatic hydroxyl groups excluding tert-OH is 1. The Hall–Kier alpha value is -1.02. The van der Waals surface area contributed by atoms with Crippen molar-refractivity contribution in [1.29, 1.82) is 0 Å². The maximum atomic E-state index is 8.85. The van der Waals surface area contributed by atoms with Gasteiger partial charge in [-0.05, 0) is 17.7 Å². The second-order valence-electron chi connectivity index (χ2n) is 2.16. The van der Waals surface area contributed by atoms with Crippen molar-refractivity contribution in [2.45, 2.75) is 6.61 Å². The quantitative estimate of drug-likeness (QED) is 0.698. The van der Waals surface area contributed by atoms with Gasteiger partial charge in [-0.25, -0.2) is 0 Å². The average Bonchev–Trinajstić information content (AvgIpc) is 2.14. The van der Waals surface area contributed by atoms with Gasteiger partial charge in [-0.15, -0.1) is 0 Å². The fourth-order valence-corrected chi connectivity index (χ4v) is 0.750. The summed E-state index contributed by atoms with van der Waals surface area (Å²) in [6, 6.07) is 5.70. The van der Waals surface area contributed by atoms with Gasteiger partial charge in [-0.1, -0.05) is 12.1 Å². The first-order valence-electron chi connectivity index (χ1n) is 6.16. The standard InChI is InChI=1S/C9H13NO/c1-10(2)9-5-3-8(7-11)4-6-9/h3-6,11H,7H2,1-2H3/i1D3,2D3. The molecule has 0 atom stereocenters. The van der Waals surface area contributed by atoms with E-state index in [1.807, 2.05) is 0 Å². The van der Waals surface area contributed by atoms with Crippen LogP contribution in [-0.4, -0.2) is 19.1 Å². The first-order chi connectivity index (χ1) is 7.66. The highest BCUT2D eigenvalue weighted by Crippen LogP contribution is 2.11. The van der Waals surface area contributed by atoms with E-state index in [2.05, 4.69) is 0 Å². The highest BCUT2D eigenvalue weighted by atomic mass is 16.3. The molecule has 1 aromatic rings. The predicted octanol–water partition coefficient (Wildman–Crippen LogP) is 1.24. The predicted molar refractivity (Wildman–Crippen MR) is 46.7 cm³/mol. The van der Waals surface area contributed by atoms with Crippen LogP contribution in [0.5, 0.6) is 0 Å². The SMILES string of the molecule is [2H]C([2H])([2H])N(c1ccc(CO)cc1)C([2H])([2H])[2H]. The summed E-state index contributed by atoms with van der Waals surface area (Å²) in [6.07, 6.45) is 0. The molecule has 1 aromatic carbocycles. The van der Waals surface area contributed by atoms with Crippen LogP contribution >= 0.6 is 0 Å². The maximum absolute atomic E-state index is 8.85. The maximum Gasteiger partial charge on any atom is 0.0681 e. The van der Waals surface area contributed by atoms with Crippen molar-refractivity contribution in [3.05, 3.63) is 29.8 Å². The third-order valence-corrected chi connectivity index (χ3v) is 1.38. The van der Waals surface area contributed by atoms with E-state index < -0.39 is 14.0 Å². The van der Waals surface area contributed by atoms with Gasteiger partial charge in [0, 0.05) is 27.9 Å². The van der Waals surface area contributed by atoms with Crippen LogP contribution in [0.25, 0.3) is 0 Å². The van der Waals surface area contributed by atoms with E-state index in [9.17, 15) is 0 Å². The highest BCUT2D eigenvalue weighted by Gasteiger charge is 1.93. The molecule has 0 spiro atoms. The lowest BCUT2D eigenvalue weighted by atomic mass is 10.2. The second-order valence-corrected chi connectivity index (χ2v) is 2.16. The molecule has 0 bridgehead atoms. The Kier molecular flexibility index (Phi) is 0.972. The molecule has 0 heterocycles. The normalized spacial score (nSPS) is 20.1. The molecule has 0 saturated heterocycles. The highest BCUT2D eigenvalue weighted by molar-refractivity contribution is 5.45. The van der Waals surface area contributed by atoms with E-state index >= 15 is 0 Å². The van der Waals surface area contributed by atoms with Crippen LogP contribution in [0.3, 0.4) is 0 Å². The van der Waals surface area contributed by atoms with E-state index in [1.54, 1.807) is 0 Å². The minimum Gasteiger partial charge on any atom is -0.392 e. The van der Waals surface area contributed by atoms with Gasteiger partial charge in [0.2, 0.25) is 0 Å². The zero-order chi connectivity index (χ0) is 13.3. The summed E-state index contributed by atoms with van der Waals surface area (Å²) in [5.41, 5.74) is 0.659. The summed E-state index contributed by atoms with van der Waals surface area (Å²) in [6.45, 7) is -5.67. The van der Waals surface area contributed by atoms with Crippen molar-refractivity contribution in [1.82, 2.24) is 0 Å². The van der Waals surface area contributed by atoms with Gasteiger partial charge < -0.3 is 10.0 Å². The molecule has 11 heavy (non-hydrogen) atoms. The fraction of sp³-hybridized carbons (Fsp3) is 0.333. The van der Waals surface area contributed by atoms with Crippen LogP contribution in [0, 0.1) is 0 Å². The van der Waals surface area contributed by atoms with Gasteiger partial charge in [0.15, 0.2) is 0 Å². The summed E-state index contributed by atoms with van der Waals surface area (Å²) >= 11 is 0. The lowest BCUT2D eigenvalue weighted by Crippen LogP contribution is -2.08. The van der Waals surface area contributed by atoms with Gasteiger partial charge in [0.1, 0.15) is 0 Å². The number of benzene rings is 1. The summed E-state index contributed by atoms with van der Waals surface area (Å²) in [7, 11) is 0. The molecule has 2 heteroatoms. The van der Waals surface area contributed by atoms with Crippen LogP contribution in [0.15, 0.2) is 24.3 Å². The number of nitrogens with zero attached hydrogens (tertiary/aromatic N) is 1. The van der Waals surface area contributed by atoms with Crippen molar-refractivity contribution in [3.8, 4) is 0 Å². The fourth-order valence-electron chi connectivity index (χ4n) is 0.750. The molecule has 0 aliphatic heterocycles. The van der Waals surface area contributed by atoms with Gasteiger partial charge in [-0.2, -0.15) is 0 Å². The first-order valence-corrected chi connectivity index (χ1v) is 3.16. The average molecular weight is 157 g/mol. The lowest BCUT2D eigenvalue weighted by Gasteiger charge is -2.11. The van der Waals surface area contributed by atoms with Crippen LogP contribution in [0.1, 0.15) is 13.8 Å². The molecule has 0 aliphatic carbocycles. The van der Waals surface area contributed by atoms with Gasteiger partial charge >= 0.3 is 0 Å². The third-order valence-electron chi connectivity index (χ3n) is 1.38. The Morgan fingerprint density at radius 2 is 2.00 bits per heavy atom. The molecule has 2 nitrogen and oxygen atoms in total. The zero-order valence-corrected chi connectivity index (χ0v) is 5.91. The number of hydrogen-bond donors (Lipinski definition) is 1. The van der Waals surface area contributed by atoms with Gasteiger partial charge in [0.25, 0.3) is 0 Å². The van der Waals surface area contributed by atoms with Gasteiger partial charge in [0.05, 0.1) is 6.61 Å². The minimum atomic E-state index is -2.74. The molecule has 0 unspecified atom stereocenters. The number of anilines is 1. The zero-order valence-electron chi connectivity index (χ0n) is 11.9. The third kappa shape index (κ3) is 1.95. The molecule has 0 aliphatic rings. The van der Waals surface area contributed by atoms with Crippen LogP contribution in [0.4, 0.5) is 5.69 Å². The van der Waals surface area contributed by atoms with Crippen molar-refractivity contribution >= 4 is 5.69 Å². The molecule has 0 radical (unpaired) electrons. The molecule has 1 rings (SSSR count). The van der Waals surface area contributed by atoms with Crippen molar-refractivity contribution in [2.24, 2.45) is 0 Å². The molecular weight excluding hydrogens is 138 g/mol. The van der Waals surface area contributed by atoms with Crippen molar-refractivity contribution in [3.63, 3.8) is 0 Å². The Morgan fingerprint density at radius 1 is 1.36 bits per heavy atom. The van der Waals surface area contributed by atoms with Crippen LogP contribution in [-0.2, 0) is 6.61 Å². The summed E-state index contributed by atoms with van der Waals surface area (Å²) in [5, 5.41) is 8.85. The second kappa shape index (κ2) is 3.39. The van der Waals surface area contributed by atoms with E-state index in [1.165, 1.54) is 24.3 Å². The van der Waals surface area contributed by atoms with Crippen LogP contribution in [0.2, 0.25) is 0 Å². The number of hydrogen-bond acceptors (Lipinski definition) is 2. The van der Waals surface area contributed by atoms with E-state index in [-0.39, 0.29) is 12.3 Å². The Balaban J connectivity index is 3.14. The Bertz CT molecular complexity index is 355. The molecule has 60 valence electrons. The summed E-state index contributed by atoms with van der Waals surface area (Å²) in [5.74, 6) is 0. The Morgan fingerprint density at radius 3 is 2.45 bits per heavy atom. The lowest BCUT2D eigenvalue weighted by molar-refractivity contribution is 0.282. The van der Waals surface area contributed by atoms with E-state index in [4.69, 9.17) is 13.3 Å². The molecule has 0 fully saturated rings. The monoisotopic (exact) mass is 157 g/mol. The van der Waals surface area contributed by atoms with Crippen LogP contribution < -0.4 is 4.90 Å². The molecule has 1 N–H and O–H groups in total. The van der Waals surface area contributed by atoms with Crippen molar-refractivity contribution < 1.29 is 13.3 Å². The molecule has 0 amide bonds. The summed E-state index contributed by atoms with van der Waals surface area (Å²) < 4.78 is 43.4. The van der Waals surface area contributed by atoms with E-state index in [0.29, 0.717) is 10.5 Å². The van der Waals surface area contributed by atoms with E-state index in [0.717, 1.165) is 0 Å². The minimum absolute atomic E-state index is 0.0715. The summed E-state index contributed by atoms with van der Waals surface area (Å²) in [4.78, 5) is 0.404. The molecule has 0 aromatic heterocycles. The molecule has 0 saturated carbocycles. The molecular formula is C9H13NO. The largest absolute Gasteiger partial charge is 0.392 e. The first kappa shape index (κ1) is 3.15. The number of aliphatic hydroxyl groups is 1. The smallest absolute Gasteiger partial charge is 0.0681 e. The number of rotatable bonds is 2. The Labute approximate surface area is 75.5 Å².